The Hall–Kier alpha value is -0.300. The average Bonchev–Trinajstić information content (AvgIpc) is 3.01. The van der Waals surface area contributed by atoms with E-state index < -0.39 is 0 Å². The lowest BCUT2D eigenvalue weighted by Gasteiger charge is -2.23. The van der Waals surface area contributed by atoms with E-state index in [1.165, 1.54) is 45.2 Å². The summed E-state index contributed by atoms with van der Waals surface area (Å²) >= 11 is 0. The van der Waals surface area contributed by atoms with Gasteiger partial charge in [-0.3, -0.25) is 0 Å². The Morgan fingerprint density at radius 1 is 1.33 bits per heavy atom. The van der Waals surface area contributed by atoms with Gasteiger partial charge in [0.05, 0.1) is 0 Å². The highest BCUT2D eigenvalue weighted by atomic mass is 14.9. The minimum absolute atomic E-state index is 0.671. The fourth-order valence-electron chi connectivity index (χ4n) is 2.69. The third kappa shape index (κ3) is 2.84. The summed E-state index contributed by atoms with van der Waals surface area (Å²) in [6.45, 7) is 7.24. The van der Waals surface area contributed by atoms with Crippen LogP contribution in [0.2, 0.25) is 0 Å². The molecule has 86 valence electrons. The van der Waals surface area contributed by atoms with Crippen LogP contribution in [0, 0.1) is 17.3 Å². The molecular formula is C14H25N. The molecule has 1 fully saturated rings. The highest BCUT2D eigenvalue weighted by Crippen LogP contribution is 2.51. The van der Waals surface area contributed by atoms with E-state index in [4.69, 9.17) is 0 Å². The molecule has 1 unspecified atom stereocenters. The first-order chi connectivity index (χ1) is 7.23. The van der Waals surface area contributed by atoms with E-state index in [9.17, 15) is 0 Å². The van der Waals surface area contributed by atoms with Crippen LogP contribution in [0.3, 0.4) is 0 Å². The standard InChI is InChI=1S/C14H25N/c1-12(2)14(8-9-14)11-15-10-13-6-4-3-5-7-13/h3-4,12-13,15H,5-11H2,1-2H3. The highest BCUT2D eigenvalue weighted by Gasteiger charge is 2.44. The monoisotopic (exact) mass is 207 g/mol. The van der Waals surface area contributed by atoms with E-state index in [0.29, 0.717) is 5.41 Å². The van der Waals surface area contributed by atoms with Gasteiger partial charge in [-0.15, -0.1) is 0 Å². The SMILES string of the molecule is CC(C)C1(CNCC2CC=CCC2)CC1. The maximum absolute atomic E-state index is 3.71. The van der Waals surface area contributed by atoms with Gasteiger partial charge in [0.15, 0.2) is 0 Å². The lowest BCUT2D eigenvalue weighted by molar-refractivity contribution is 0.321. The number of allylic oxidation sites excluding steroid dienone is 2. The summed E-state index contributed by atoms with van der Waals surface area (Å²) in [6, 6.07) is 0. The molecule has 0 saturated heterocycles. The van der Waals surface area contributed by atoms with Gasteiger partial charge in [-0.05, 0) is 55.9 Å². The summed E-state index contributed by atoms with van der Waals surface area (Å²) in [4.78, 5) is 0. The van der Waals surface area contributed by atoms with Crippen LogP contribution < -0.4 is 5.32 Å². The van der Waals surface area contributed by atoms with Crippen molar-refractivity contribution in [3.05, 3.63) is 12.2 Å². The van der Waals surface area contributed by atoms with E-state index in [2.05, 4.69) is 31.3 Å². The molecule has 0 spiro atoms. The third-order valence-corrected chi connectivity index (χ3v) is 4.40. The molecule has 0 aliphatic heterocycles. The Kier molecular flexibility index (Phi) is 3.50. The van der Waals surface area contributed by atoms with Crippen molar-refractivity contribution in [3.8, 4) is 0 Å². The lowest BCUT2D eigenvalue weighted by atomic mass is 9.91. The molecule has 0 radical (unpaired) electrons. The summed E-state index contributed by atoms with van der Waals surface area (Å²) in [5.74, 6) is 1.76. The number of hydrogen-bond acceptors (Lipinski definition) is 1. The van der Waals surface area contributed by atoms with Gasteiger partial charge in [-0.25, -0.2) is 0 Å². The van der Waals surface area contributed by atoms with Gasteiger partial charge < -0.3 is 5.32 Å². The first-order valence-corrected chi connectivity index (χ1v) is 6.59. The zero-order chi connectivity index (χ0) is 10.7. The van der Waals surface area contributed by atoms with Gasteiger partial charge in [-0.1, -0.05) is 26.0 Å². The van der Waals surface area contributed by atoms with Crippen LogP contribution in [0.1, 0.15) is 46.0 Å². The zero-order valence-corrected chi connectivity index (χ0v) is 10.3. The molecule has 1 saturated carbocycles. The first-order valence-electron chi connectivity index (χ1n) is 6.59. The molecule has 0 aromatic rings. The molecular weight excluding hydrogens is 182 g/mol. The molecule has 0 aromatic heterocycles. The summed E-state index contributed by atoms with van der Waals surface area (Å²) < 4.78 is 0. The molecule has 2 aliphatic rings. The fourth-order valence-corrected chi connectivity index (χ4v) is 2.69. The maximum atomic E-state index is 3.71. The van der Waals surface area contributed by atoms with Gasteiger partial charge in [0.2, 0.25) is 0 Å². The Morgan fingerprint density at radius 2 is 2.13 bits per heavy atom. The predicted octanol–water partition coefficient (Wildman–Crippen LogP) is 3.37. The van der Waals surface area contributed by atoms with Crippen LogP contribution in [-0.2, 0) is 0 Å². The summed E-state index contributed by atoms with van der Waals surface area (Å²) in [7, 11) is 0. The minimum atomic E-state index is 0.671. The van der Waals surface area contributed by atoms with Crippen LogP contribution in [-0.4, -0.2) is 13.1 Å². The Labute approximate surface area is 94.3 Å². The predicted molar refractivity (Wildman–Crippen MR) is 65.9 cm³/mol. The molecule has 1 atom stereocenters. The Bertz CT molecular complexity index is 225. The highest BCUT2D eigenvalue weighted by molar-refractivity contribution is 4.97. The van der Waals surface area contributed by atoms with E-state index in [1.807, 2.05) is 0 Å². The van der Waals surface area contributed by atoms with Crippen molar-refractivity contribution in [2.45, 2.75) is 46.0 Å². The molecule has 15 heavy (non-hydrogen) atoms. The molecule has 1 nitrogen and oxygen atoms in total. The molecule has 2 rings (SSSR count). The smallest absolute Gasteiger partial charge is 0.00104 e. The zero-order valence-electron chi connectivity index (χ0n) is 10.3. The van der Waals surface area contributed by atoms with E-state index in [0.717, 1.165) is 11.8 Å². The van der Waals surface area contributed by atoms with Crippen molar-refractivity contribution in [1.29, 1.82) is 0 Å². The molecule has 0 aromatic carbocycles. The second-order valence-corrected chi connectivity index (χ2v) is 5.80. The summed E-state index contributed by atoms with van der Waals surface area (Å²) in [6.07, 6.45) is 11.5. The van der Waals surface area contributed by atoms with Crippen molar-refractivity contribution in [3.63, 3.8) is 0 Å². The number of rotatable bonds is 5. The van der Waals surface area contributed by atoms with Gasteiger partial charge in [-0.2, -0.15) is 0 Å². The van der Waals surface area contributed by atoms with Crippen molar-refractivity contribution in [2.24, 2.45) is 17.3 Å². The van der Waals surface area contributed by atoms with Crippen LogP contribution in [0.25, 0.3) is 0 Å². The Morgan fingerprint density at radius 3 is 2.67 bits per heavy atom. The summed E-state index contributed by atoms with van der Waals surface area (Å²) in [5, 5.41) is 3.71. The Balaban J connectivity index is 1.64. The van der Waals surface area contributed by atoms with Crippen LogP contribution in [0.4, 0.5) is 0 Å². The second kappa shape index (κ2) is 4.69. The lowest BCUT2D eigenvalue weighted by Crippen LogP contribution is -2.31. The normalized spacial score (nSPS) is 28.3. The average molecular weight is 207 g/mol. The number of nitrogens with one attached hydrogen (secondary N) is 1. The molecule has 2 aliphatic carbocycles. The number of hydrogen-bond donors (Lipinski definition) is 1. The van der Waals surface area contributed by atoms with Crippen molar-refractivity contribution in [2.75, 3.05) is 13.1 Å². The fraction of sp³-hybridized carbons (Fsp3) is 0.857. The van der Waals surface area contributed by atoms with Gasteiger partial charge in [0.25, 0.3) is 0 Å². The quantitative estimate of drug-likeness (QED) is 0.682. The van der Waals surface area contributed by atoms with E-state index in [-0.39, 0.29) is 0 Å². The van der Waals surface area contributed by atoms with E-state index in [1.54, 1.807) is 0 Å². The van der Waals surface area contributed by atoms with Crippen LogP contribution in [0.5, 0.6) is 0 Å². The first kappa shape index (κ1) is 11.2. The largest absolute Gasteiger partial charge is 0.316 e. The van der Waals surface area contributed by atoms with Gasteiger partial charge in [0, 0.05) is 6.54 Å². The van der Waals surface area contributed by atoms with Crippen molar-refractivity contribution in [1.82, 2.24) is 5.32 Å². The molecule has 0 amide bonds. The minimum Gasteiger partial charge on any atom is -0.316 e. The molecule has 0 heterocycles. The van der Waals surface area contributed by atoms with Crippen molar-refractivity contribution >= 4 is 0 Å². The van der Waals surface area contributed by atoms with Gasteiger partial charge >= 0.3 is 0 Å². The molecule has 1 N–H and O–H groups in total. The summed E-state index contributed by atoms with van der Waals surface area (Å²) in [5.41, 5.74) is 0.671. The molecule has 1 heteroatoms. The van der Waals surface area contributed by atoms with E-state index >= 15 is 0 Å². The third-order valence-electron chi connectivity index (χ3n) is 4.40. The van der Waals surface area contributed by atoms with Gasteiger partial charge in [0.1, 0.15) is 0 Å². The molecule has 0 bridgehead atoms. The van der Waals surface area contributed by atoms with Crippen molar-refractivity contribution < 1.29 is 0 Å². The van der Waals surface area contributed by atoms with Crippen LogP contribution >= 0.6 is 0 Å². The van der Waals surface area contributed by atoms with Crippen LogP contribution in [0.15, 0.2) is 12.2 Å². The maximum Gasteiger partial charge on any atom is 0.00104 e. The topological polar surface area (TPSA) is 12.0 Å². The second-order valence-electron chi connectivity index (χ2n) is 5.80.